The van der Waals surface area contributed by atoms with Gasteiger partial charge in [-0.2, -0.15) is 17.7 Å². The average molecular weight is 260 g/mol. The molecule has 96 valence electrons. The minimum Gasteiger partial charge on any atom is -0.478 e. The predicted molar refractivity (Wildman–Crippen MR) is 52.1 cm³/mol. The van der Waals surface area contributed by atoms with E-state index in [4.69, 9.17) is 5.11 Å². The summed E-state index contributed by atoms with van der Waals surface area (Å²) >= 11 is 0. The number of hydrogen-bond donors (Lipinski definition) is 1. The molecule has 0 aliphatic rings. The standard InChI is InChI=1S/C9H7F3N4O2/c1-2-5-7-13-3-4(8(17)18)6(9(10,11)12)16(7)15-14-5/h3H,2H2,1H3,(H,17,18). The van der Waals surface area contributed by atoms with Crippen LogP contribution < -0.4 is 0 Å². The van der Waals surface area contributed by atoms with Gasteiger partial charge in [-0.3, -0.25) is 0 Å². The molecule has 0 amide bonds. The first-order valence-corrected chi connectivity index (χ1v) is 4.90. The molecule has 0 unspecified atom stereocenters. The highest BCUT2D eigenvalue weighted by Gasteiger charge is 2.39. The van der Waals surface area contributed by atoms with Crippen molar-refractivity contribution in [1.82, 2.24) is 19.8 Å². The van der Waals surface area contributed by atoms with Crippen LogP contribution in [-0.2, 0) is 12.6 Å². The molecule has 1 N–H and O–H groups in total. The maximum Gasteiger partial charge on any atom is 0.434 e. The van der Waals surface area contributed by atoms with Gasteiger partial charge in [0.05, 0.1) is 0 Å². The van der Waals surface area contributed by atoms with E-state index in [0.29, 0.717) is 17.1 Å². The Bertz CT molecular complexity index is 620. The van der Waals surface area contributed by atoms with Crippen molar-refractivity contribution in [2.45, 2.75) is 19.5 Å². The van der Waals surface area contributed by atoms with Gasteiger partial charge in [0.15, 0.2) is 11.3 Å². The number of rotatable bonds is 2. The van der Waals surface area contributed by atoms with Gasteiger partial charge in [-0.05, 0) is 6.42 Å². The molecule has 0 bridgehead atoms. The lowest BCUT2D eigenvalue weighted by Gasteiger charge is -2.10. The third kappa shape index (κ3) is 1.77. The van der Waals surface area contributed by atoms with Gasteiger partial charge in [0, 0.05) is 6.20 Å². The van der Waals surface area contributed by atoms with Crippen LogP contribution in [-0.4, -0.2) is 30.9 Å². The molecule has 6 nitrogen and oxygen atoms in total. The average Bonchev–Trinajstić information content (AvgIpc) is 2.68. The number of nitrogens with zero attached hydrogens (tertiary/aromatic N) is 4. The fraction of sp³-hybridized carbons (Fsp3) is 0.333. The lowest BCUT2D eigenvalue weighted by molar-refractivity contribution is -0.143. The predicted octanol–water partition coefficient (Wildman–Crippen LogP) is 1.40. The van der Waals surface area contributed by atoms with Gasteiger partial charge < -0.3 is 5.11 Å². The Morgan fingerprint density at radius 3 is 2.67 bits per heavy atom. The van der Waals surface area contributed by atoms with Crippen LogP contribution in [0.4, 0.5) is 13.2 Å². The number of alkyl halides is 3. The van der Waals surface area contributed by atoms with E-state index in [-0.39, 0.29) is 11.3 Å². The molecule has 2 aromatic rings. The SMILES string of the molecule is CCc1nnn2c(C(F)(F)F)c(C(=O)O)cnc12. The lowest BCUT2D eigenvalue weighted by atomic mass is 10.2. The van der Waals surface area contributed by atoms with Crippen molar-refractivity contribution >= 4 is 11.6 Å². The molecule has 9 heteroatoms. The molecule has 0 aliphatic carbocycles. The van der Waals surface area contributed by atoms with Crippen molar-refractivity contribution in [3.05, 3.63) is 23.1 Å². The Balaban J connectivity index is 2.86. The number of carboxylic acids is 1. The summed E-state index contributed by atoms with van der Waals surface area (Å²) in [5.41, 5.74) is -2.15. The van der Waals surface area contributed by atoms with Gasteiger partial charge in [-0.15, -0.1) is 5.10 Å². The molecule has 0 aliphatic heterocycles. The Hall–Kier alpha value is -2.19. The highest BCUT2D eigenvalue weighted by Crippen LogP contribution is 2.32. The van der Waals surface area contributed by atoms with Crippen LogP contribution in [0.5, 0.6) is 0 Å². The molecule has 2 rings (SSSR count). The van der Waals surface area contributed by atoms with Gasteiger partial charge in [0.25, 0.3) is 0 Å². The number of hydrogen-bond acceptors (Lipinski definition) is 4. The Morgan fingerprint density at radius 2 is 2.17 bits per heavy atom. The van der Waals surface area contributed by atoms with Crippen molar-refractivity contribution in [2.24, 2.45) is 0 Å². The van der Waals surface area contributed by atoms with Crippen molar-refractivity contribution in [3.8, 4) is 0 Å². The van der Waals surface area contributed by atoms with Crippen molar-refractivity contribution in [1.29, 1.82) is 0 Å². The van der Waals surface area contributed by atoms with E-state index in [1.165, 1.54) is 0 Å². The van der Waals surface area contributed by atoms with Crippen LogP contribution >= 0.6 is 0 Å². The van der Waals surface area contributed by atoms with Crippen LogP contribution in [0.3, 0.4) is 0 Å². The van der Waals surface area contributed by atoms with Gasteiger partial charge in [-0.25, -0.2) is 9.78 Å². The monoisotopic (exact) mass is 260 g/mol. The largest absolute Gasteiger partial charge is 0.478 e. The summed E-state index contributed by atoms with van der Waals surface area (Å²) in [5, 5.41) is 15.6. The zero-order chi connectivity index (χ0) is 13.5. The molecule has 0 aromatic carbocycles. The van der Waals surface area contributed by atoms with Crippen LogP contribution in [0.15, 0.2) is 6.20 Å². The van der Waals surface area contributed by atoms with Gasteiger partial charge in [-0.1, -0.05) is 12.1 Å². The fourth-order valence-electron chi connectivity index (χ4n) is 1.55. The van der Waals surface area contributed by atoms with E-state index >= 15 is 0 Å². The highest BCUT2D eigenvalue weighted by molar-refractivity contribution is 5.89. The summed E-state index contributed by atoms with van der Waals surface area (Å²) in [6.45, 7) is 1.68. The van der Waals surface area contributed by atoms with E-state index in [1.54, 1.807) is 6.92 Å². The quantitative estimate of drug-likeness (QED) is 0.882. The second kappa shape index (κ2) is 3.93. The molecule has 0 fully saturated rings. The van der Waals surface area contributed by atoms with E-state index in [2.05, 4.69) is 15.3 Å². The highest BCUT2D eigenvalue weighted by atomic mass is 19.4. The molecule has 0 spiro atoms. The first-order chi connectivity index (χ1) is 8.36. The minimum absolute atomic E-state index is 0.0881. The number of aromatic nitrogens is 4. The van der Waals surface area contributed by atoms with Gasteiger partial charge >= 0.3 is 12.1 Å². The zero-order valence-electron chi connectivity index (χ0n) is 9.06. The minimum atomic E-state index is -4.85. The number of carbonyl (C=O) groups is 1. The van der Waals surface area contributed by atoms with E-state index < -0.39 is 23.4 Å². The molecule has 18 heavy (non-hydrogen) atoms. The van der Waals surface area contributed by atoms with Crippen molar-refractivity contribution in [2.75, 3.05) is 0 Å². The molecular formula is C9H7F3N4O2. The Morgan fingerprint density at radius 1 is 1.50 bits per heavy atom. The van der Waals surface area contributed by atoms with Crippen molar-refractivity contribution in [3.63, 3.8) is 0 Å². The normalized spacial score (nSPS) is 12.0. The number of aryl methyl sites for hydroxylation is 1. The summed E-state index contributed by atoms with van der Waals surface area (Å²) in [5.74, 6) is -1.72. The summed E-state index contributed by atoms with van der Waals surface area (Å²) < 4.78 is 39.0. The molecule has 2 heterocycles. The number of carboxylic acid groups (broad SMARTS) is 1. The Kier molecular flexibility index (Phi) is 2.68. The number of fused-ring (bicyclic) bond motifs is 1. The first kappa shape index (κ1) is 12.3. The smallest absolute Gasteiger partial charge is 0.434 e. The van der Waals surface area contributed by atoms with Crippen LogP contribution in [0.2, 0.25) is 0 Å². The number of halogens is 3. The summed E-state index contributed by atoms with van der Waals surface area (Å²) in [7, 11) is 0. The number of aromatic carboxylic acids is 1. The Labute approximate surface area is 98.1 Å². The van der Waals surface area contributed by atoms with Gasteiger partial charge in [0.1, 0.15) is 11.3 Å². The van der Waals surface area contributed by atoms with Gasteiger partial charge in [0.2, 0.25) is 0 Å². The lowest BCUT2D eigenvalue weighted by Crippen LogP contribution is -2.19. The van der Waals surface area contributed by atoms with E-state index in [0.717, 1.165) is 0 Å². The topological polar surface area (TPSA) is 80.4 Å². The van der Waals surface area contributed by atoms with Crippen molar-refractivity contribution < 1.29 is 23.1 Å². The summed E-state index contributed by atoms with van der Waals surface area (Å²) in [6.07, 6.45) is -3.84. The van der Waals surface area contributed by atoms with Crippen LogP contribution in [0.1, 0.15) is 28.7 Å². The molecule has 0 saturated carbocycles. The first-order valence-electron chi connectivity index (χ1n) is 4.90. The fourth-order valence-corrected chi connectivity index (χ4v) is 1.55. The second-order valence-corrected chi connectivity index (χ2v) is 3.45. The third-order valence-electron chi connectivity index (χ3n) is 2.33. The summed E-state index contributed by atoms with van der Waals surface area (Å²) in [4.78, 5) is 14.5. The molecule has 0 saturated heterocycles. The maximum atomic E-state index is 12.9. The third-order valence-corrected chi connectivity index (χ3v) is 2.33. The second-order valence-electron chi connectivity index (χ2n) is 3.45. The van der Waals surface area contributed by atoms with Crippen LogP contribution in [0, 0.1) is 0 Å². The zero-order valence-corrected chi connectivity index (χ0v) is 9.06. The molecule has 2 aromatic heterocycles. The summed E-state index contributed by atoms with van der Waals surface area (Å²) in [6, 6.07) is 0. The molecular weight excluding hydrogens is 253 g/mol. The van der Waals surface area contributed by atoms with E-state index in [1.807, 2.05) is 0 Å². The maximum absolute atomic E-state index is 12.9. The molecule has 0 radical (unpaired) electrons. The molecule has 0 atom stereocenters. The van der Waals surface area contributed by atoms with Crippen LogP contribution in [0.25, 0.3) is 5.65 Å². The van der Waals surface area contributed by atoms with E-state index in [9.17, 15) is 18.0 Å².